The quantitative estimate of drug-likeness (QED) is 0.778. The van der Waals surface area contributed by atoms with Crippen molar-refractivity contribution >= 4 is 22.8 Å². The van der Waals surface area contributed by atoms with E-state index >= 15 is 0 Å². The van der Waals surface area contributed by atoms with Crippen LogP contribution in [0.3, 0.4) is 0 Å². The third-order valence-corrected chi connectivity index (χ3v) is 4.28. The highest BCUT2D eigenvalue weighted by Crippen LogP contribution is 2.27. The van der Waals surface area contributed by atoms with E-state index < -0.39 is 0 Å². The van der Waals surface area contributed by atoms with Gasteiger partial charge in [-0.2, -0.15) is 0 Å². The molecule has 0 unspecified atom stereocenters. The molecule has 2 amide bonds. The lowest BCUT2D eigenvalue weighted by Crippen LogP contribution is -2.50. The maximum Gasteiger partial charge on any atom is 0.321 e. The van der Waals surface area contributed by atoms with Crippen molar-refractivity contribution in [2.24, 2.45) is 0 Å². The molecule has 0 spiro atoms. The van der Waals surface area contributed by atoms with Gasteiger partial charge in [0.05, 0.1) is 24.1 Å². The summed E-state index contributed by atoms with van der Waals surface area (Å²) in [4.78, 5) is 22.0. The number of nitrogens with one attached hydrogen (secondary N) is 2. The van der Waals surface area contributed by atoms with E-state index in [1.807, 2.05) is 42.5 Å². The Labute approximate surface area is 139 Å². The molecule has 3 aromatic rings. The molecule has 1 aliphatic heterocycles. The molecular weight excluding hydrogens is 304 g/mol. The second-order valence-electron chi connectivity index (χ2n) is 5.90. The first kappa shape index (κ1) is 14.6. The van der Waals surface area contributed by atoms with Crippen molar-refractivity contribution in [3.8, 4) is 5.75 Å². The van der Waals surface area contributed by atoms with Gasteiger partial charge in [0.15, 0.2) is 0 Å². The predicted octanol–water partition coefficient (Wildman–Crippen LogP) is 3.20. The number of carbonyl (C=O) groups excluding carboxylic acids is 1. The molecule has 1 aliphatic rings. The van der Waals surface area contributed by atoms with Gasteiger partial charge in [0, 0.05) is 24.8 Å². The van der Waals surface area contributed by atoms with Gasteiger partial charge in [0.2, 0.25) is 0 Å². The number of anilines is 1. The molecule has 0 bridgehead atoms. The van der Waals surface area contributed by atoms with Crippen molar-refractivity contribution in [3.63, 3.8) is 0 Å². The largest absolute Gasteiger partial charge is 0.497 e. The monoisotopic (exact) mass is 322 g/mol. The topological polar surface area (TPSA) is 70.2 Å². The Hall–Kier alpha value is -3.02. The highest BCUT2D eigenvalue weighted by Gasteiger charge is 2.33. The van der Waals surface area contributed by atoms with Crippen molar-refractivity contribution in [1.29, 1.82) is 0 Å². The van der Waals surface area contributed by atoms with E-state index in [2.05, 4.69) is 15.3 Å². The lowest BCUT2D eigenvalue weighted by atomic mass is 10.0. The highest BCUT2D eigenvalue weighted by atomic mass is 16.5. The van der Waals surface area contributed by atoms with E-state index in [0.29, 0.717) is 13.1 Å². The summed E-state index contributed by atoms with van der Waals surface area (Å²) in [7, 11) is 1.61. The van der Waals surface area contributed by atoms with Crippen molar-refractivity contribution in [1.82, 2.24) is 14.9 Å². The lowest BCUT2D eigenvalue weighted by molar-refractivity contribution is 0.161. The van der Waals surface area contributed by atoms with E-state index in [0.717, 1.165) is 28.3 Å². The molecule has 122 valence electrons. The van der Waals surface area contributed by atoms with Gasteiger partial charge in [-0.1, -0.05) is 18.2 Å². The zero-order valence-electron chi connectivity index (χ0n) is 13.3. The van der Waals surface area contributed by atoms with Crippen LogP contribution in [-0.4, -0.2) is 41.1 Å². The summed E-state index contributed by atoms with van der Waals surface area (Å²) in [5.74, 6) is 1.92. The van der Waals surface area contributed by atoms with E-state index in [9.17, 15) is 4.79 Å². The number of fused-ring (bicyclic) bond motifs is 1. The SMILES string of the molecule is COc1cccc(NC(=O)N2CC(c3nc4ccccc4[nH]3)C2)c1. The van der Waals surface area contributed by atoms with Gasteiger partial charge in [0.25, 0.3) is 0 Å². The molecule has 24 heavy (non-hydrogen) atoms. The first-order valence-corrected chi connectivity index (χ1v) is 7.87. The van der Waals surface area contributed by atoms with Crippen LogP contribution in [-0.2, 0) is 0 Å². The predicted molar refractivity (Wildman–Crippen MR) is 92.4 cm³/mol. The van der Waals surface area contributed by atoms with Gasteiger partial charge in [-0.05, 0) is 24.3 Å². The first-order chi connectivity index (χ1) is 11.7. The number of aromatic amines is 1. The van der Waals surface area contributed by atoms with Crippen LogP contribution in [0.15, 0.2) is 48.5 Å². The molecule has 0 aliphatic carbocycles. The molecule has 1 fully saturated rings. The molecule has 0 radical (unpaired) electrons. The van der Waals surface area contributed by atoms with Gasteiger partial charge in [-0.3, -0.25) is 0 Å². The minimum Gasteiger partial charge on any atom is -0.497 e. The second-order valence-corrected chi connectivity index (χ2v) is 5.90. The minimum absolute atomic E-state index is 0.101. The summed E-state index contributed by atoms with van der Waals surface area (Å²) in [6.45, 7) is 1.32. The van der Waals surface area contributed by atoms with E-state index in [-0.39, 0.29) is 11.9 Å². The number of benzene rings is 2. The van der Waals surface area contributed by atoms with Gasteiger partial charge in [-0.15, -0.1) is 0 Å². The third-order valence-electron chi connectivity index (χ3n) is 4.28. The van der Waals surface area contributed by atoms with Crippen LogP contribution in [0.25, 0.3) is 11.0 Å². The minimum atomic E-state index is -0.101. The maximum atomic E-state index is 12.3. The normalized spacial score (nSPS) is 14.5. The average Bonchev–Trinajstić information content (AvgIpc) is 2.97. The number of amides is 2. The number of H-pyrrole nitrogens is 1. The summed E-state index contributed by atoms with van der Waals surface area (Å²) in [5, 5.41) is 2.89. The number of methoxy groups -OCH3 is 1. The molecule has 2 aromatic carbocycles. The Kier molecular flexibility index (Phi) is 3.57. The van der Waals surface area contributed by atoms with Gasteiger partial charge < -0.3 is 19.9 Å². The molecule has 0 atom stereocenters. The summed E-state index contributed by atoms with van der Waals surface area (Å²) in [6.07, 6.45) is 0. The van der Waals surface area contributed by atoms with Gasteiger partial charge in [-0.25, -0.2) is 9.78 Å². The van der Waals surface area contributed by atoms with Crippen molar-refractivity contribution in [2.45, 2.75) is 5.92 Å². The molecule has 6 nitrogen and oxygen atoms in total. The zero-order chi connectivity index (χ0) is 16.5. The Morgan fingerprint density at radius 2 is 2.08 bits per heavy atom. The molecule has 4 rings (SSSR count). The maximum absolute atomic E-state index is 12.3. The molecule has 1 saturated heterocycles. The number of imidazole rings is 1. The fraction of sp³-hybridized carbons (Fsp3) is 0.222. The zero-order valence-corrected chi connectivity index (χ0v) is 13.3. The average molecular weight is 322 g/mol. The number of carbonyl (C=O) groups is 1. The lowest BCUT2D eigenvalue weighted by Gasteiger charge is -2.37. The van der Waals surface area contributed by atoms with Crippen LogP contribution in [0.4, 0.5) is 10.5 Å². The molecule has 2 N–H and O–H groups in total. The fourth-order valence-electron chi connectivity index (χ4n) is 2.89. The number of hydrogen-bond acceptors (Lipinski definition) is 3. The second kappa shape index (κ2) is 5.88. The smallest absolute Gasteiger partial charge is 0.321 e. The highest BCUT2D eigenvalue weighted by molar-refractivity contribution is 5.90. The number of aromatic nitrogens is 2. The number of para-hydroxylation sites is 2. The van der Waals surface area contributed by atoms with Gasteiger partial charge in [0.1, 0.15) is 11.6 Å². The standard InChI is InChI=1S/C18H18N4O2/c1-24-14-6-4-5-13(9-14)19-18(23)22-10-12(11-22)17-20-15-7-2-3-8-16(15)21-17/h2-9,12H,10-11H2,1H3,(H,19,23)(H,20,21). The van der Waals surface area contributed by atoms with E-state index in [1.165, 1.54) is 0 Å². The van der Waals surface area contributed by atoms with Crippen molar-refractivity contribution < 1.29 is 9.53 Å². The summed E-state index contributed by atoms with van der Waals surface area (Å²) >= 11 is 0. The Bertz CT molecular complexity index is 850. The van der Waals surface area contributed by atoms with Gasteiger partial charge >= 0.3 is 6.03 Å². The van der Waals surface area contributed by atoms with Crippen LogP contribution in [0, 0.1) is 0 Å². The van der Waals surface area contributed by atoms with Crippen LogP contribution in [0.2, 0.25) is 0 Å². The van der Waals surface area contributed by atoms with Crippen LogP contribution in [0.5, 0.6) is 5.75 Å². The Morgan fingerprint density at radius 3 is 2.88 bits per heavy atom. The third kappa shape index (κ3) is 2.67. The number of rotatable bonds is 3. The summed E-state index contributed by atoms with van der Waals surface area (Å²) in [6, 6.07) is 15.2. The van der Waals surface area contributed by atoms with Crippen LogP contribution in [0.1, 0.15) is 11.7 Å². The molecule has 0 saturated carbocycles. The molecule has 2 heterocycles. The molecular formula is C18H18N4O2. The number of urea groups is 1. The Morgan fingerprint density at radius 1 is 1.25 bits per heavy atom. The van der Waals surface area contributed by atoms with Crippen molar-refractivity contribution in [3.05, 3.63) is 54.4 Å². The van der Waals surface area contributed by atoms with E-state index in [4.69, 9.17) is 4.74 Å². The summed E-state index contributed by atoms with van der Waals surface area (Å²) in [5.41, 5.74) is 2.73. The number of hydrogen-bond donors (Lipinski definition) is 2. The number of nitrogens with zero attached hydrogens (tertiary/aromatic N) is 2. The van der Waals surface area contributed by atoms with Crippen molar-refractivity contribution in [2.75, 3.05) is 25.5 Å². The van der Waals surface area contributed by atoms with Crippen LogP contribution >= 0.6 is 0 Å². The summed E-state index contributed by atoms with van der Waals surface area (Å²) < 4.78 is 5.16. The Balaban J connectivity index is 1.38. The first-order valence-electron chi connectivity index (χ1n) is 7.87. The molecule has 6 heteroatoms. The molecule has 1 aromatic heterocycles. The van der Waals surface area contributed by atoms with Crippen LogP contribution < -0.4 is 10.1 Å². The fourth-order valence-corrected chi connectivity index (χ4v) is 2.89. The van der Waals surface area contributed by atoms with E-state index in [1.54, 1.807) is 18.1 Å². The number of likely N-dealkylation sites (tertiary alicyclic amines) is 1. The number of ether oxygens (including phenoxy) is 1.